The SMILES string of the molecule is CCOc1cccc(NC(=O)C(C#N)=Cc2cc(OC)c(OC)cc2C)c1. The van der Waals surface area contributed by atoms with Crippen LogP contribution in [0.3, 0.4) is 0 Å². The molecule has 0 atom stereocenters. The molecule has 1 N–H and O–H groups in total. The van der Waals surface area contributed by atoms with Crippen LogP contribution in [0.15, 0.2) is 42.0 Å². The fraction of sp³-hybridized carbons (Fsp3) is 0.238. The third-order valence-electron chi connectivity index (χ3n) is 3.84. The summed E-state index contributed by atoms with van der Waals surface area (Å²) in [5.41, 5.74) is 2.08. The van der Waals surface area contributed by atoms with Crippen LogP contribution >= 0.6 is 0 Å². The van der Waals surface area contributed by atoms with E-state index in [4.69, 9.17) is 14.2 Å². The first kappa shape index (κ1) is 19.9. The normalized spacial score (nSPS) is 10.7. The van der Waals surface area contributed by atoms with Crippen LogP contribution in [-0.2, 0) is 4.79 Å². The van der Waals surface area contributed by atoms with E-state index in [0.717, 1.165) is 5.56 Å². The van der Waals surface area contributed by atoms with E-state index in [1.807, 2.05) is 19.9 Å². The summed E-state index contributed by atoms with van der Waals surface area (Å²) in [5.74, 6) is 1.26. The van der Waals surface area contributed by atoms with Gasteiger partial charge in [0.2, 0.25) is 0 Å². The number of ether oxygens (including phenoxy) is 3. The van der Waals surface area contributed by atoms with E-state index in [2.05, 4.69) is 5.32 Å². The van der Waals surface area contributed by atoms with Crippen LogP contribution in [-0.4, -0.2) is 26.7 Å². The van der Waals surface area contributed by atoms with Crippen molar-refractivity contribution in [3.63, 3.8) is 0 Å². The van der Waals surface area contributed by atoms with E-state index in [1.165, 1.54) is 13.2 Å². The molecule has 0 fully saturated rings. The molecule has 6 nitrogen and oxygen atoms in total. The number of benzene rings is 2. The lowest BCUT2D eigenvalue weighted by Crippen LogP contribution is -2.13. The van der Waals surface area contributed by atoms with E-state index in [-0.39, 0.29) is 5.57 Å². The average Bonchev–Trinajstić information content (AvgIpc) is 2.67. The van der Waals surface area contributed by atoms with Gasteiger partial charge in [-0.05, 0) is 55.3 Å². The van der Waals surface area contributed by atoms with Gasteiger partial charge >= 0.3 is 0 Å². The van der Waals surface area contributed by atoms with E-state index in [0.29, 0.717) is 35.1 Å². The number of methoxy groups -OCH3 is 2. The molecule has 140 valence electrons. The largest absolute Gasteiger partial charge is 0.494 e. The summed E-state index contributed by atoms with van der Waals surface area (Å²) in [4.78, 5) is 12.5. The van der Waals surface area contributed by atoms with E-state index in [1.54, 1.807) is 43.5 Å². The summed E-state index contributed by atoms with van der Waals surface area (Å²) >= 11 is 0. The van der Waals surface area contributed by atoms with Gasteiger partial charge in [-0.15, -0.1) is 0 Å². The molecule has 2 aromatic carbocycles. The Kier molecular flexibility index (Phi) is 6.84. The molecule has 0 spiro atoms. The summed E-state index contributed by atoms with van der Waals surface area (Å²) < 4.78 is 16.0. The second kappa shape index (κ2) is 9.30. The van der Waals surface area contributed by atoms with Gasteiger partial charge in [0.15, 0.2) is 11.5 Å². The van der Waals surface area contributed by atoms with Crippen molar-refractivity contribution >= 4 is 17.7 Å². The quantitative estimate of drug-likeness (QED) is 0.593. The smallest absolute Gasteiger partial charge is 0.266 e. The fourth-order valence-corrected chi connectivity index (χ4v) is 2.48. The molecular weight excluding hydrogens is 344 g/mol. The zero-order valence-electron chi connectivity index (χ0n) is 15.8. The van der Waals surface area contributed by atoms with Gasteiger partial charge in [-0.2, -0.15) is 5.26 Å². The number of aryl methyl sites for hydroxylation is 1. The predicted octanol–water partition coefficient (Wildman–Crippen LogP) is 3.96. The van der Waals surface area contributed by atoms with Crippen molar-refractivity contribution < 1.29 is 19.0 Å². The minimum atomic E-state index is -0.500. The Balaban J connectivity index is 2.29. The molecule has 2 aromatic rings. The van der Waals surface area contributed by atoms with Crippen LogP contribution in [0, 0.1) is 18.3 Å². The van der Waals surface area contributed by atoms with Crippen LogP contribution in [0.2, 0.25) is 0 Å². The molecule has 0 bridgehead atoms. The van der Waals surface area contributed by atoms with Crippen molar-refractivity contribution in [1.29, 1.82) is 5.26 Å². The number of hydrogen-bond acceptors (Lipinski definition) is 5. The van der Waals surface area contributed by atoms with Gasteiger partial charge in [-0.1, -0.05) is 6.07 Å². The third-order valence-corrected chi connectivity index (χ3v) is 3.84. The van der Waals surface area contributed by atoms with Gasteiger partial charge in [0.1, 0.15) is 17.4 Å². The Morgan fingerprint density at radius 2 is 1.89 bits per heavy atom. The summed E-state index contributed by atoms with van der Waals surface area (Å²) in [6.45, 7) is 4.28. The third kappa shape index (κ3) is 5.02. The highest BCUT2D eigenvalue weighted by atomic mass is 16.5. The van der Waals surface area contributed by atoms with Crippen molar-refractivity contribution in [2.45, 2.75) is 13.8 Å². The summed E-state index contributed by atoms with van der Waals surface area (Å²) in [6.07, 6.45) is 1.53. The lowest BCUT2D eigenvalue weighted by Gasteiger charge is -2.11. The molecule has 0 radical (unpaired) electrons. The molecule has 27 heavy (non-hydrogen) atoms. The Bertz CT molecular complexity index is 898. The Morgan fingerprint density at radius 3 is 2.52 bits per heavy atom. The second-order valence-corrected chi connectivity index (χ2v) is 5.65. The number of nitrogens with one attached hydrogen (secondary N) is 1. The zero-order valence-corrected chi connectivity index (χ0v) is 15.8. The predicted molar refractivity (Wildman–Crippen MR) is 104 cm³/mol. The minimum Gasteiger partial charge on any atom is -0.494 e. The van der Waals surface area contributed by atoms with Gasteiger partial charge in [-0.3, -0.25) is 4.79 Å². The Morgan fingerprint density at radius 1 is 1.19 bits per heavy atom. The van der Waals surface area contributed by atoms with Crippen LogP contribution < -0.4 is 19.5 Å². The monoisotopic (exact) mass is 366 g/mol. The van der Waals surface area contributed by atoms with E-state index >= 15 is 0 Å². The molecule has 0 saturated heterocycles. The zero-order chi connectivity index (χ0) is 19.8. The molecule has 0 aliphatic carbocycles. The van der Waals surface area contributed by atoms with Crippen molar-refractivity contribution in [3.8, 4) is 23.3 Å². The lowest BCUT2D eigenvalue weighted by molar-refractivity contribution is -0.112. The molecule has 0 heterocycles. The second-order valence-electron chi connectivity index (χ2n) is 5.65. The molecule has 6 heteroatoms. The highest BCUT2D eigenvalue weighted by Crippen LogP contribution is 2.31. The first-order chi connectivity index (χ1) is 13.0. The van der Waals surface area contributed by atoms with Crippen LogP contribution in [0.1, 0.15) is 18.1 Å². The van der Waals surface area contributed by atoms with Gasteiger partial charge in [0, 0.05) is 11.8 Å². The van der Waals surface area contributed by atoms with Crippen LogP contribution in [0.4, 0.5) is 5.69 Å². The Labute approximate surface area is 159 Å². The number of hydrogen-bond donors (Lipinski definition) is 1. The molecule has 0 aromatic heterocycles. The van der Waals surface area contributed by atoms with Gasteiger partial charge < -0.3 is 19.5 Å². The fourth-order valence-electron chi connectivity index (χ4n) is 2.48. The molecule has 0 aliphatic rings. The molecule has 2 rings (SSSR count). The van der Waals surface area contributed by atoms with Crippen LogP contribution in [0.5, 0.6) is 17.2 Å². The minimum absolute atomic E-state index is 0.0212. The average molecular weight is 366 g/mol. The van der Waals surface area contributed by atoms with Gasteiger partial charge in [0.05, 0.1) is 20.8 Å². The Hall–Kier alpha value is -3.46. The highest BCUT2D eigenvalue weighted by molar-refractivity contribution is 6.09. The lowest BCUT2D eigenvalue weighted by atomic mass is 10.0. The maximum atomic E-state index is 12.5. The number of amides is 1. The van der Waals surface area contributed by atoms with Gasteiger partial charge in [-0.25, -0.2) is 0 Å². The van der Waals surface area contributed by atoms with Crippen molar-refractivity contribution in [2.75, 3.05) is 26.1 Å². The standard InChI is InChI=1S/C21H22N2O4/c1-5-27-18-8-6-7-17(12-18)23-21(24)16(13-22)10-15-11-20(26-4)19(25-3)9-14(15)2/h6-12H,5H2,1-4H3,(H,23,24). The van der Waals surface area contributed by atoms with E-state index in [9.17, 15) is 10.1 Å². The van der Waals surface area contributed by atoms with Gasteiger partial charge in [0.25, 0.3) is 5.91 Å². The van der Waals surface area contributed by atoms with E-state index < -0.39 is 5.91 Å². The summed E-state index contributed by atoms with van der Waals surface area (Å²) in [5, 5.41) is 12.1. The highest BCUT2D eigenvalue weighted by Gasteiger charge is 2.13. The van der Waals surface area contributed by atoms with Crippen LogP contribution in [0.25, 0.3) is 6.08 Å². The number of anilines is 1. The first-order valence-corrected chi connectivity index (χ1v) is 8.41. The van der Waals surface area contributed by atoms with Crippen molar-refractivity contribution in [1.82, 2.24) is 0 Å². The summed E-state index contributed by atoms with van der Waals surface area (Å²) in [6, 6.07) is 12.5. The molecule has 1 amide bonds. The van der Waals surface area contributed by atoms with Crippen molar-refractivity contribution in [2.24, 2.45) is 0 Å². The maximum absolute atomic E-state index is 12.5. The number of carbonyl (C=O) groups is 1. The van der Waals surface area contributed by atoms with Crippen molar-refractivity contribution in [3.05, 3.63) is 53.1 Å². The topological polar surface area (TPSA) is 80.6 Å². The number of rotatable bonds is 7. The molecular formula is C21H22N2O4. The first-order valence-electron chi connectivity index (χ1n) is 8.41. The number of nitriles is 1. The molecule has 0 saturated carbocycles. The number of nitrogens with zero attached hydrogens (tertiary/aromatic N) is 1. The summed E-state index contributed by atoms with van der Waals surface area (Å²) in [7, 11) is 3.08. The molecule has 0 aliphatic heterocycles. The maximum Gasteiger partial charge on any atom is 0.266 e. The number of carbonyl (C=O) groups excluding carboxylic acids is 1. The molecule has 0 unspecified atom stereocenters.